The van der Waals surface area contributed by atoms with Crippen molar-refractivity contribution in [3.8, 4) is 11.4 Å². The molecule has 2 aromatic carbocycles. The molecule has 0 radical (unpaired) electrons. The largest absolute Gasteiger partial charge is 0.497 e. The fraction of sp³-hybridized carbons (Fsp3) is 0.222. The minimum atomic E-state index is -0.0238. The number of nitrogens with zero attached hydrogens (tertiary/aromatic N) is 5. The van der Waals surface area contributed by atoms with Gasteiger partial charge in [0.2, 0.25) is 11.1 Å². The average molecular weight is 404 g/mol. The van der Waals surface area contributed by atoms with E-state index in [1.54, 1.807) is 23.7 Å². The highest BCUT2D eigenvalue weighted by Crippen LogP contribution is 2.21. The summed E-state index contributed by atoms with van der Waals surface area (Å²) in [6, 6.07) is 14.8. The van der Waals surface area contributed by atoms with Crippen LogP contribution in [0.15, 0.2) is 53.7 Å². The molecule has 1 heterocycles. The quantitative estimate of drug-likeness (QED) is 0.564. The first-order chi connectivity index (χ1) is 13.1. The van der Waals surface area contributed by atoms with Gasteiger partial charge in [-0.1, -0.05) is 35.5 Å². The molecular formula is C18H18ClN5O2S. The molecule has 3 rings (SSSR count). The maximum Gasteiger partial charge on any atom is 0.233 e. The zero-order valence-electron chi connectivity index (χ0n) is 14.9. The smallest absolute Gasteiger partial charge is 0.233 e. The van der Waals surface area contributed by atoms with Crippen LogP contribution in [-0.2, 0) is 11.3 Å². The number of rotatable bonds is 7. The third-order valence-electron chi connectivity index (χ3n) is 3.82. The van der Waals surface area contributed by atoms with Gasteiger partial charge in [-0.05, 0) is 52.4 Å². The zero-order valence-corrected chi connectivity index (χ0v) is 16.4. The Hall–Kier alpha value is -2.58. The molecule has 9 heteroatoms. The number of ether oxygens (including phenoxy) is 1. The van der Waals surface area contributed by atoms with E-state index in [1.807, 2.05) is 48.5 Å². The van der Waals surface area contributed by atoms with E-state index in [-0.39, 0.29) is 11.7 Å². The van der Waals surface area contributed by atoms with Crippen molar-refractivity contribution in [2.45, 2.75) is 11.7 Å². The second-order valence-corrected chi connectivity index (χ2v) is 7.12. The number of hydrogen-bond acceptors (Lipinski definition) is 6. The molecule has 0 saturated carbocycles. The third kappa shape index (κ3) is 4.99. The summed E-state index contributed by atoms with van der Waals surface area (Å²) in [4.78, 5) is 14.1. The lowest BCUT2D eigenvalue weighted by Gasteiger charge is -2.17. The van der Waals surface area contributed by atoms with Crippen LogP contribution in [0.4, 0.5) is 0 Å². The van der Waals surface area contributed by atoms with Crippen molar-refractivity contribution in [1.82, 2.24) is 25.1 Å². The van der Waals surface area contributed by atoms with E-state index < -0.39 is 0 Å². The SMILES string of the molecule is COc1ccc(-n2nnnc2SCC(=O)N(C)Cc2cccc(Cl)c2)cc1. The van der Waals surface area contributed by atoms with Gasteiger partial charge < -0.3 is 9.64 Å². The Balaban J connectivity index is 1.61. The van der Waals surface area contributed by atoms with Crippen molar-refractivity contribution < 1.29 is 9.53 Å². The van der Waals surface area contributed by atoms with E-state index in [9.17, 15) is 4.79 Å². The standard InChI is InChI=1S/C18H18ClN5O2S/c1-23(11-13-4-3-5-14(19)10-13)17(25)12-27-18-20-21-22-24(18)15-6-8-16(26-2)9-7-15/h3-10H,11-12H2,1-2H3. The van der Waals surface area contributed by atoms with Gasteiger partial charge in [-0.2, -0.15) is 4.68 Å². The van der Waals surface area contributed by atoms with Crippen LogP contribution in [-0.4, -0.2) is 50.9 Å². The van der Waals surface area contributed by atoms with Gasteiger partial charge in [0.15, 0.2) is 0 Å². The van der Waals surface area contributed by atoms with E-state index in [2.05, 4.69) is 15.5 Å². The van der Waals surface area contributed by atoms with Crippen molar-refractivity contribution >= 4 is 29.3 Å². The maximum absolute atomic E-state index is 12.4. The zero-order chi connectivity index (χ0) is 19.2. The fourth-order valence-corrected chi connectivity index (χ4v) is 3.43. The number of benzene rings is 2. The summed E-state index contributed by atoms with van der Waals surface area (Å²) in [7, 11) is 3.37. The predicted molar refractivity (Wildman–Crippen MR) is 104 cm³/mol. The molecule has 0 bridgehead atoms. The van der Waals surface area contributed by atoms with Crippen LogP contribution in [0.25, 0.3) is 5.69 Å². The lowest BCUT2D eigenvalue weighted by Crippen LogP contribution is -2.27. The highest BCUT2D eigenvalue weighted by Gasteiger charge is 2.14. The minimum absolute atomic E-state index is 0.0238. The molecular weight excluding hydrogens is 386 g/mol. The highest BCUT2D eigenvalue weighted by molar-refractivity contribution is 7.99. The molecule has 3 aromatic rings. The second kappa shape index (κ2) is 8.88. The number of hydrogen-bond donors (Lipinski definition) is 0. The van der Waals surface area contributed by atoms with Gasteiger partial charge in [-0.15, -0.1) is 5.10 Å². The van der Waals surface area contributed by atoms with Gasteiger partial charge >= 0.3 is 0 Å². The van der Waals surface area contributed by atoms with Crippen LogP contribution in [0.5, 0.6) is 5.75 Å². The number of carbonyl (C=O) groups is 1. The van der Waals surface area contributed by atoms with Crippen LogP contribution in [0.3, 0.4) is 0 Å². The number of methoxy groups -OCH3 is 1. The molecule has 1 amide bonds. The van der Waals surface area contributed by atoms with Gasteiger partial charge in [0, 0.05) is 18.6 Å². The minimum Gasteiger partial charge on any atom is -0.497 e. The summed E-state index contributed by atoms with van der Waals surface area (Å²) in [5.41, 5.74) is 1.77. The Labute approximate surface area is 166 Å². The van der Waals surface area contributed by atoms with Gasteiger partial charge in [-0.3, -0.25) is 4.79 Å². The van der Waals surface area contributed by atoms with Crippen LogP contribution < -0.4 is 4.74 Å². The number of carbonyl (C=O) groups excluding carboxylic acids is 1. The molecule has 27 heavy (non-hydrogen) atoms. The van der Waals surface area contributed by atoms with Crippen LogP contribution in [0, 0.1) is 0 Å². The molecule has 0 aliphatic rings. The summed E-state index contributed by atoms with van der Waals surface area (Å²) in [6.45, 7) is 0.489. The summed E-state index contributed by atoms with van der Waals surface area (Å²) in [5, 5.41) is 12.9. The first-order valence-corrected chi connectivity index (χ1v) is 9.47. The molecule has 0 unspecified atom stereocenters. The van der Waals surface area contributed by atoms with Gasteiger partial charge in [0.25, 0.3) is 0 Å². The van der Waals surface area contributed by atoms with Crippen LogP contribution >= 0.6 is 23.4 Å². The summed E-state index contributed by atoms with van der Waals surface area (Å²) in [5.74, 6) is 0.955. The Morgan fingerprint density at radius 2 is 2.04 bits per heavy atom. The topological polar surface area (TPSA) is 73.1 Å². The molecule has 140 valence electrons. The number of amides is 1. The number of aromatic nitrogens is 4. The van der Waals surface area contributed by atoms with Crippen LogP contribution in [0.1, 0.15) is 5.56 Å². The average Bonchev–Trinajstić information content (AvgIpc) is 3.14. The second-order valence-electron chi connectivity index (χ2n) is 5.74. The molecule has 0 aliphatic heterocycles. The number of halogens is 1. The van der Waals surface area contributed by atoms with E-state index in [0.717, 1.165) is 17.0 Å². The predicted octanol–water partition coefficient (Wildman–Crippen LogP) is 3.08. The molecule has 1 aromatic heterocycles. The van der Waals surface area contributed by atoms with Gasteiger partial charge in [0.05, 0.1) is 18.6 Å². The third-order valence-corrected chi connectivity index (χ3v) is 4.96. The van der Waals surface area contributed by atoms with Crippen molar-refractivity contribution in [3.05, 3.63) is 59.1 Å². The summed E-state index contributed by atoms with van der Waals surface area (Å²) < 4.78 is 6.75. The summed E-state index contributed by atoms with van der Waals surface area (Å²) in [6.07, 6.45) is 0. The first kappa shape index (κ1) is 19.2. The molecule has 7 nitrogen and oxygen atoms in total. The maximum atomic E-state index is 12.4. The molecule has 0 spiro atoms. The Bertz CT molecular complexity index is 916. The first-order valence-electron chi connectivity index (χ1n) is 8.11. The van der Waals surface area contributed by atoms with E-state index in [0.29, 0.717) is 16.7 Å². The van der Waals surface area contributed by atoms with E-state index in [4.69, 9.17) is 16.3 Å². The molecule has 0 atom stereocenters. The van der Waals surface area contributed by atoms with Crippen molar-refractivity contribution in [2.24, 2.45) is 0 Å². The Morgan fingerprint density at radius 1 is 1.26 bits per heavy atom. The van der Waals surface area contributed by atoms with E-state index in [1.165, 1.54) is 11.8 Å². The molecule has 0 fully saturated rings. The number of thioether (sulfide) groups is 1. The Morgan fingerprint density at radius 3 is 2.74 bits per heavy atom. The molecule has 0 aliphatic carbocycles. The van der Waals surface area contributed by atoms with Gasteiger partial charge in [-0.25, -0.2) is 0 Å². The van der Waals surface area contributed by atoms with Crippen molar-refractivity contribution in [1.29, 1.82) is 0 Å². The normalized spacial score (nSPS) is 10.6. The van der Waals surface area contributed by atoms with E-state index >= 15 is 0 Å². The number of tetrazole rings is 1. The van der Waals surface area contributed by atoms with Crippen LogP contribution in [0.2, 0.25) is 5.02 Å². The highest BCUT2D eigenvalue weighted by atomic mass is 35.5. The fourth-order valence-electron chi connectivity index (χ4n) is 2.39. The summed E-state index contributed by atoms with van der Waals surface area (Å²) >= 11 is 7.28. The van der Waals surface area contributed by atoms with Gasteiger partial charge in [0.1, 0.15) is 5.75 Å². The monoisotopic (exact) mass is 403 g/mol. The lowest BCUT2D eigenvalue weighted by molar-refractivity contribution is -0.127. The lowest BCUT2D eigenvalue weighted by atomic mass is 10.2. The Kier molecular flexibility index (Phi) is 6.31. The van der Waals surface area contributed by atoms with Crippen molar-refractivity contribution in [2.75, 3.05) is 19.9 Å². The molecule has 0 saturated heterocycles. The van der Waals surface area contributed by atoms with Crippen molar-refractivity contribution in [3.63, 3.8) is 0 Å². The molecule has 0 N–H and O–H groups in total.